The second-order valence-corrected chi connectivity index (χ2v) is 5.32. The Bertz CT molecular complexity index is 413. The van der Waals surface area contributed by atoms with Crippen LogP contribution in [-0.4, -0.2) is 47.2 Å². The predicted octanol–water partition coefficient (Wildman–Crippen LogP) is 2.01. The molecule has 1 aromatic heterocycles. The lowest BCUT2D eigenvalue weighted by Gasteiger charge is -2.28. The van der Waals surface area contributed by atoms with Crippen LogP contribution in [0.5, 0.6) is 0 Å². The van der Waals surface area contributed by atoms with E-state index in [9.17, 15) is 0 Å². The standard InChI is InChI=1S/C14H26N4O2/c1-5-7-18(11(3)4)14-16-15-13(17(14)6-2)12-10-19-8-9-20-12/h11-12H,5-10H2,1-4H3. The predicted molar refractivity (Wildman–Crippen MR) is 78.0 cm³/mol. The van der Waals surface area contributed by atoms with Crippen molar-refractivity contribution in [3.05, 3.63) is 5.82 Å². The van der Waals surface area contributed by atoms with Crippen LogP contribution in [0, 0.1) is 0 Å². The smallest absolute Gasteiger partial charge is 0.227 e. The van der Waals surface area contributed by atoms with Crippen molar-refractivity contribution in [2.75, 3.05) is 31.3 Å². The minimum absolute atomic E-state index is 0.0967. The van der Waals surface area contributed by atoms with Crippen molar-refractivity contribution >= 4 is 5.95 Å². The third-order valence-electron chi connectivity index (χ3n) is 3.52. The third-order valence-corrected chi connectivity index (χ3v) is 3.52. The van der Waals surface area contributed by atoms with Gasteiger partial charge in [0.15, 0.2) is 5.82 Å². The van der Waals surface area contributed by atoms with E-state index in [2.05, 4.69) is 47.4 Å². The Hall–Kier alpha value is -1.14. The van der Waals surface area contributed by atoms with Crippen molar-refractivity contribution in [1.29, 1.82) is 0 Å². The monoisotopic (exact) mass is 282 g/mol. The lowest BCUT2D eigenvalue weighted by molar-refractivity contribution is -0.0947. The Morgan fingerprint density at radius 2 is 2.10 bits per heavy atom. The summed E-state index contributed by atoms with van der Waals surface area (Å²) in [6.45, 7) is 12.3. The van der Waals surface area contributed by atoms with E-state index in [1.807, 2.05) is 0 Å². The number of rotatable bonds is 6. The van der Waals surface area contributed by atoms with Crippen LogP contribution in [-0.2, 0) is 16.0 Å². The molecule has 6 nitrogen and oxygen atoms in total. The fourth-order valence-electron chi connectivity index (χ4n) is 2.53. The van der Waals surface area contributed by atoms with E-state index in [1.165, 1.54) is 0 Å². The second kappa shape index (κ2) is 7.04. The van der Waals surface area contributed by atoms with Gasteiger partial charge in [-0.3, -0.25) is 4.57 Å². The molecule has 1 aliphatic rings. The Morgan fingerprint density at radius 3 is 2.65 bits per heavy atom. The molecule has 2 heterocycles. The van der Waals surface area contributed by atoms with Crippen molar-refractivity contribution in [2.24, 2.45) is 0 Å². The van der Waals surface area contributed by atoms with Gasteiger partial charge in [-0.05, 0) is 27.2 Å². The van der Waals surface area contributed by atoms with E-state index in [0.29, 0.717) is 25.9 Å². The maximum Gasteiger partial charge on any atom is 0.227 e. The number of nitrogens with zero attached hydrogens (tertiary/aromatic N) is 4. The van der Waals surface area contributed by atoms with Gasteiger partial charge in [0.25, 0.3) is 0 Å². The molecular formula is C14H26N4O2. The molecular weight excluding hydrogens is 256 g/mol. The van der Waals surface area contributed by atoms with E-state index >= 15 is 0 Å². The molecule has 0 radical (unpaired) electrons. The summed E-state index contributed by atoms with van der Waals surface area (Å²) >= 11 is 0. The fraction of sp³-hybridized carbons (Fsp3) is 0.857. The first kappa shape index (κ1) is 15.3. The zero-order valence-corrected chi connectivity index (χ0v) is 13.0. The summed E-state index contributed by atoms with van der Waals surface area (Å²) in [6, 6.07) is 0.404. The Balaban J connectivity index is 2.27. The summed E-state index contributed by atoms with van der Waals surface area (Å²) < 4.78 is 13.4. The van der Waals surface area contributed by atoms with Gasteiger partial charge in [-0.25, -0.2) is 0 Å². The largest absolute Gasteiger partial charge is 0.376 e. The molecule has 114 valence electrons. The molecule has 20 heavy (non-hydrogen) atoms. The number of aromatic nitrogens is 3. The molecule has 1 aliphatic heterocycles. The molecule has 0 N–H and O–H groups in total. The lowest BCUT2D eigenvalue weighted by Crippen LogP contribution is -2.34. The summed E-state index contributed by atoms with van der Waals surface area (Å²) in [4.78, 5) is 2.30. The van der Waals surface area contributed by atoms with Gasteiger partial charge in [0, 0.05) is 19.1 Å². The summed E-state index contributed by atoms with van der Waals surface area (Å²) in [5.74, 6) is 1.82. The summed E-state index contributed by atoms with van der Waals surface area (Å²) in [5.41, 5.74) is 0. The SMILES string of the molecule is CCCN(c1nnc(C2COCCO2)n1CC)C(C)C. The van der Waals surface area contributed by atoms with Gasteiger partial charge in [-0.1, -0.05) is 6.92 Å². The molecule has 6 heteroatoms. The first-order chi connectivity index (χ1) is 9.69. The van der Waals surface area contributed by atoms with Crippen LogP contribution in [0.4, 0.5) is 5.95 Å². The van der Waals surface area contributed by atoms with Crippen LogP contribution >= 0.6 is 0 Å². The Kier molecular flexibility index (Phi) is 5.37. The zero-order valence-electron chi connectivity index (χ0n) is 13.0. The van der Waals surface area contributed by atoms with E-state index in [1.54, 1.807) is 0 Å². The fourth-order valence-corrected chi connectivity index (χ4v) is 2.53. The third kappa shape index (κ3) is 3.12. The molecule has 1 fully saturated rings. The van der Waals surface area contributed by atoms with Crippen LogP contribution in [0.3, 0.4) is 0 Å². The van der Waals surface area contributed by atoms with Gasteiger partial charge in [0.1, 0.15) is 6.10 Å². The molecule has 0 saturated carbocycles. The maximum atomic E-state index is 5.75. The summed E-state index contributed by atoms with van der Waals surface area (Å²) in [7, 11) is 0. The zero-order chi connectivity index (χ0) is 14.5. The summed E-state index contributed by atoms with van der Waals surface area (Å²) in [5, 5.41) is 8.77. The highest BCUT2D eigenvalue weighted by atomic mass is 16.6. The summed E-state index contributed by atoms with van der Waals surface area (Å²) in [6.07, 6.45) is 0.994. The van der Waals surface area contributed by atoms with Crippen LogP contribution < -0.4 is 4.90 Å². The molecule has 0 amide bonds. The van der Waals surface area contributed by atoms with Crippen molar-refractivity contribution < 1.29 is 9.47 Å². The first-order valence-electron chi connectivity index (χ1n) is 7.58. The van der Waals surface area contributed by atoms with Crippen molar-refractivity contribution in [3.8, 4) is 0 Å². The van der Waals surface area contributed by atoms with Gasteiger partial charge < -0.3 is 14.4 Å². The van der Waals surface area contributed by atoms with Gasteiger partial charge in [-0.2, -0.15) is 0 Å². The van der Waals surface area contributed by atoms with Gasteiger partial charge in [0.2, 0.25) is 5.95 Å². The quantitative estimate of drug-likeness (QED) is 0.799. The van der Waals surface area contributed by atoms with Gasteiger partial charge in [0.05, 0.1) is 19.8 Å². The molecule has 1 saturated heterocycles. The maximum absolute atomic E-state index is 5.75. The van der Waals surface area contributed by atoms with Crippen molar-refractivity contribution in [2.45, 2.75) is 52.8 Å². The number of hydrogen-bond donors (Lipinski definition) is 0. The van der Waals surface area contributed by atoms with Crippen LogP contribution in [0.25, 0.3) is 0 Å². The van der Waals surface area contributed by atoms with E-state index < -0.39 is 0 Å². The molecule has 0 aromatic carbocycles. The molecule has 0 aliphatic carbocycles. The Labute approximate surface area is 121 Å². The van der Waals surface area contributed by atoms with Crippen LogP contribution in [0.15, 0.2) is 0 Å². The highest BCUT2D eigenvalue weighted by Crippen LogP contribution is 2.24. The molecule has 1 atom stereocenters. The van der Waals surface area contributed by atoms with Crippen LogP contribution in [0.1, 0.15) is 46.0 Å². The highest BCUT2D eigenvalue weighted by molar-refractivity contribution is 5.33. The van der Waals surface area contributed by atoms with Crippen molar-refractivity contribution in [1.82, 2.24) is 14.8 Å². The number of hydrogen-bond acceptors (Lipinski definition) is 5. The topological polar surface area (TPSA) is 52.4 Å². The van der Waals surface area contributed by atoms with E-state index in [0.717, 1.165) is 31.3 Å². The lowest BCUT2D eigenvalue weighted by atomic mass is 10.3. The number of ether oxygens (including phenoxy) is 2. The van der Waals surface area contributed by atoms with Gasteiger partial charge in [-0.15, -0.1) is 10.2 Å². The Morgan fingerprint density at radius 1 is 1.30 bits per heavy atom. The molecule has 2 rings (SSSR count). The van der Waals surface area contributed by atoms with Crippen molar-refractivity contribution in [3.63, 3.8) is 0 Å². The first-order valence-corrected chi connectivity index (χ1v) is 7.58. The average Bonchev–Trinajstić information content (AvgIpc) is 2.88. The average molecular weight is 282 g/mol. The normalized spacial score (nSPS) is 19.6. The molecule has 0 bridgehead atoms. The molecule has 0 spiro atoms. The van der Waals surface area contributed by atoms with E-state index in [-0.39, 0.29) is 6.10 Å². The van der Waals surface area contributed by atoms with Gasteiger partial charge >= 0.3 is 0 Å². The highest BCUT2D eigenvalue weighted by Gasteiger charge is 2.26. The molecule has 1 unspecified atom stereocenters. The van der Waals surface area contributed by atoms with Crippen LogP contribution in [0.2, 0.25) is 0 Å². The minimum Gasteiger partial charge on any atom is -0.376 e. The minimum atomic E-state index is -0.0967. The number of anilines is 1. The molecule has 1 aromatic rings. The van der Waals surface area contributed by atoms with E-state index in [4.69, 9.17) is 9.47 Å². The second-order valence-electron chi connectivity index (χ2n) is 5.32.